The van der Waals surface area contributed by atoms with Crippen molar-refractivity contribution >= 4 is 16.9 Å². The quantitative estimate of drug-likeness (QED) is 0.243. The lowest BCUT2D eigenvalue weighted by Gasteiger charge is -2.38. The van der Waals surface area contributed by atoms with Gasteiger partial charge in [0.15, 0.2) is 23.0 Å². The molecule has 0 unspecified atom stereocenters. The van der Waals surface area contributed by atoms with Gasteiger partial charge in [-0.2, -0.15) is 0 Å². The number of carboxylic acids is 1. The zero-order valence-electron chi connectivity index (χ0n) is 18.2. The van der Waals surface area contributed by atoms with Crippen molar-refractivity contribution in [3.8, 4) is 34.3 Å². The van der Waals surface area contributed by atoms with Crippen LogP contribution in [0.3, 0.4) is 0 Å². The highest BCUT2D eigenvalue weighted by Crippen LogP contribution is 2.46. The molecule has 4 rings (SSSR count). The molecular weight excluding hydrogens is 468 g/mol. The largest absolute Gasteiger partial charge is 0.508 e. The minimum absolute atomic E-state index is 0.0117. The van der Waals surface area contributed by atoms with E-state index in [1.165, 1.54) is 24.3 Å². The van der Waals surface area contributed by atoms with Crippen molar-refractivity contribution in [1.82, 2.24) is 0 Å². The molecule has 12 heteroatoms. The molecule has 3 aromatic rings. The molecule has 1 aliphatic heterocycles. The summed E-state index contributed by atoms with van der Waals surface area (Å²) in [4.78, 5) is 24.2. The van der Waals surface area contributed by atoms with Crippen LogP contribution in [0.4, 0.5) is 0 Å². The number of aryl methyl sites for hydroxylation is 1. The summed E-state index contributed by atoms with van der Waals surface area (Å²) < 4.78 is 16.4. The van der Waals surface area contributed by atoms with Crippen LogP contribution in [0.1, 0.15) is 12.5 Å². The third kappa shape index (κ3) is 4.12. The van der Waals surface area contributed by atoms with Crippen LogP contribution in [0.15, 0.2) is 39.5 Å². The first-order valence-electron chi connectivity index (χ1n) is 10.5. The zero-order valence-corrected chi connectivity index (χ0v) is 18.2. The van der Waals surface area contributed by atoms with Crippen molar-refractivity contribution in [2.75, 3.05) is 0 Å². The second kappa shape index (κ2) is 9.07. The summed E-state index contributed by atoms with van der Waals surface area (Å²) in [5.74, 6) is -3.85. The van der Waals surface area contributed by atoms with Crippen LogP contribution in [0.25, 0.3) is 22.3 Å². The second-order valence-electron chi connectivity index (χ2n) is 7.94. The molecule has 0 saturated carbocycles. The first-order chi connectivity index (χ1) is 16.5. The number of aliphatic hydroxyl groups excluding tert-OH is 3. The maximum absolute atomic E-state index is 12.8. The molecule has 7 N–H and O–H groups in total. The number of aliphatic hydroxyl groups is 3. The minimum atomic E-state index is -1.96. The molecule has 5 atom stereocenters. The molecule has 0 amide bonds. The molecule has 0 bridgehead atoms. The van der Waals surface area contributed by atoms with Gasteiger partial charge >= 0.3 is 5.97 Å². The number of ether oxygens (including phenoxy) is 2. The van der Waals surface area contributed by atoms with Crippen molar-refractivity contribution < 1.29 is 54.4 Å². The molecule has 2 aromatic carbocycles. The van der Waals surface area contributed by atoms with Crippen LogP contribution in [0.2, 0.25) is 0 Å². The lowest BCUT2D eigenvalue weighted by molar-refractivity contribution is -0.271. The Morgan fingerprint density at radius 3 is 2.26 bits per heavy atom. The molecule has 0 radical (unpaired) electrons. The van der Waals surface area contributed by atoms with E-state index in [9.17, 15) is 45.3 Å². The summed E-state index contributed by atoms with van der Waals surface area (Å²) in [5.41, 5.74) is -0.362. The van der Waals surface area contributed by atoms with Gasteiger partial charge in [0, 0.05) is 17.2 Å². The molecule has 1 fully saturated rings. The molecule has 1 aliphatic rings. The minimum Gasteiger partial charge on any atom is -0.508 e. The van der Waals surface area contributed by atoms with E-state index < -0.39 is 59.4 Å². The number of carboxylic acid groups (broad SMARTS) is 1. The van der Waals surface area contributed by atoms with Gasteiger partial charge in [0.25, 0.3) is 0 Å². The summed E-state index contributed by atoms with van der Waals surface area (Å²) >= 11 is 0. The smallest absolute Gasteiger partial charge is 0.335 e. The predicted octanol–water partition coefficient (Wildman–Crippen LogP) is 0.410. The maximum atomic E-state index is 12.8. The summed E-state index contributed by atoms with van der Waals surface area (Å²) in [6.45, 7) is 1.61. The van der Waals surface area contributed by atoms with Gasteiger partial charge in [-0.3, -0.25) is 4.79 Å². The van der Waals surface area contributed by atoms with Crippen molar-refractivity contribution in [2.45, 2.75) is 44.1 Å². The average molecular weight is 490 g/mol. The third-order valence-electron chi connectivity index (χ3n) is 5.72. The second-order valence-corrected chi connectivity index (χ2v) is 7.94. The average Bonchev–Trinajstić information content (AvgIpc) is 2.82. The van der Waals surface area contributed by atoms with Gasteiger partial charge in [-0.15, -0.1) is 0 Å². The fourth-order valence-corrected chi connectivity index (χ4v) is 3.88. The van der Waals surface area contributed by atoms with Crippen molar-refractivity contribution in [3.63, 3.8) is 0 Å². The monoisotopic (exact) mass is 490 g/mol. The number of aromatic hydroxyl groups is 3. The molecule has 1 saturated heterocycles. The Morgan fingerprint density at radius 1 is 1.00 bits per heavy atom. The highest BCUT2D eigenvalue weighted by molar-refractivity contribution is 5.92. The van der Waals surface area contributed by atoms with Crippen LogP contribution in [-0.2, 0) is 16.0 Å². The highest BCUT2D eigenvalue weighted by atomic mass is 16.7. The fourth-order valence-electron chi connectivity index (χ4n) is 3.88. The Labute approximate surface area is 196 Å². The summed E-state index contributed by atoms with van der Waals surface area (Å²) in [6.07, 6.45) is -9.63. The van der Waals surface area contributed by atoms with Crippen LogP contribution < -0.4 is 10.2 Å². The van der Waals surface area contributed by atoms with Crippen LogP contribution in [0.5, 0.6) is 23.0 Å². The van der Waals surface area contributed by atoms with E-state index in [1.54, 1.807) is 6.92 Å². The number of hydrogen-bond donors (Lipinski definition) is 7. The first-order valence-corrected chi connectivity index (χ1v) is 10.5. The molecule has 1 aromatic heterocycles. The van der Waals surface area contributed by atoms with E-state index in [2.05, 4.69) is 0 Å². The first kappa shape index (κ1) is 24.3. The van der Waals surface area contributed by atoms with E-state index in [1.807, 2.05) is 0 Å². The molecule has 186 valence electrons. The Bertz CT molecular complexity index is 1330. The molecular formula is C23H22O12. The lowest BCUT2D eigenvalue weighted by atomic mass is 9.98. The molecule has 0 spiro atoms. The van der Waals surface area contributed by atoms with E-state index in [0.717, 1.165) is 6.07 Å². The number of benzene rings is 2. The number of phenolic OH excluding ortho intramolecular Hbond substituents is 3. The van der Waals surface area contributed by atoms with Gasteiger partial charge in [0.1, 0.15) is 40.8 Å². The van der Waals surface area contributed by atoms with Crippen molar-refractivity contribution in [1.29, 1.82) is 0 Å². The highest BCUT2D eigenvalue weighted by Gasteiger charge is 2.48. The van der Waals surface area contributed by atoms with Crippen LogP contribution in [-0.4, -0.2) is 72.4 Å². The Balaban J connectivity index is 1.86. The van der Waals surface area contributed by atoms with Gasteiger partial charge in [-0.05, 0) is 30.7 Å². The molecule has 2 heterocycles. The van der Waals surface area contributed by atoms with Crippen molar-refractivity contribution in [2.24, 2.45) is 0 Å². The summed E-state index contributed by atoms with van der Waals surface area (Å²) in [5, 5.41) is 69.7. The van der Waals surface area contributed by atoms with E-state index in [-0.39, 0.29) is 34.5 Å². The molecule has 0 aliphatic carbocycles. The summed E-state index contributed by atoms with van der Waals surface area (Å²) in [7, 11) is 0. The SMILES string of the molecule is CCc1c(O[C@@H]2O[C@H](C(=O)O)[C@@H](O)[C@H](O)[C@H]2O)c(O)c(O)c2c(=O)cc(-c3ccc(O)cc3)oc12. The van der Waals surface area contributed by atoms with E-state index in [0.29, 0.717) is 5.56 Å². The van der Waals surface area contributed by atoms with E-state index >= 15 is 0 Å². The number of hydrogen-bond acceptors (Lipinski definition) is 11. The maximum Gasteiger partial charge on any atom is 0.335 e. The van der Waals surface area contributed by atoms with Gasteiger partial charge in [0.05, 0.1) is 0 Å². The molecule has 12 nitrogen and oxygen atoms in total. The fraction of sp³-hybridized carbons (Fsp3) is 0.304. The normalized spacial score (nSPS) is 24.4. The molecule has 35 heavy (non-hydrogen) atoms. The van der Waals surface area contributed by atoms with Crippen LogP contribution >= 0.6 is 0 Å². The Hall–Kier alpha value is -3.84. The Morgan fingerprint density at radius 2 is 1.66 bits per heavy atom. The van der Waals surface area contributed by atoms with Gasteiger partial charge in [-0.1, -0.05) is 6.92 Å². The van der Waals surface area contributed by atoms with Gasteiger partial charge in [-0.25, -0.2) is 4.79 Å². The predicted molar refractivity (Wildman–Crippen MR) is 117 cm³/mol. The van der Waals surface area contributed by atoms with Crippen molar-refractivity contribution in [3.05, 3.63) is 46.1 Å². The van der Waals surface area contributed by atoms with Crippen LogP contribution in [0, 0.1) is 0 Å². The van der Waals surface area contributed by atoms with E-state index in [4.69, 9.17) is 13.9 Å². The number of carbonyl (C=O) groups is 1. The number of phenols is 3. The van der Waals surface area contributed by atoms with Gasteiger partial charge in [0.2, 0.25) is 12.0 Å². The zero-order chi connectivity index (χ0) is 25.6. The van der Waals surface area contributed by atoms with Gasteiger partial charge < -0.3 is 49.6 Å². The lowest BCUT2D eigenvalue weighted by Crippen LogP contribution is -2.61. The Kier molecular flexibility index (Phi) is 6.30. The standard InChI is InChI=1S/C23H22O12/c1-2-10-19-13(11(25)7-12(33-19)8-3-5-9(24)6-4-8)14(26)16(28)20(10)34-23-18(30)15(27)17(29)21(35-23)22(31)32/h3-7,15,17-18,21,23-24,26-30H,2H2,1H3,(H,31,32)/t15-,17-,18+,21-,23+/m0/s1. The topological polar surface area (TPSA) is 207 Å². The number of aliphatic carboxylic acids is 1. The number of fused-ring (bicyclic) bond motifs is 1. The summed E-state index contributed by atoms with van der Waals surface area (Å²) in [6, 6.07) is 6.84. The number of rotatable bonds is 5. The third-order valence-corrected chi connectivity index (χ3v) is 5.72.